The molecule has 1 N–H and O–H groups in total. The number of hydrogen-bond acceptors (Lipinski definition) is 3. The maximum absolute atomic E-state index is 9.44. The topological polar surface area (TPSA) is 26.7 Å². The van der Waals surface area contributed by atoms with Crippen LogP contribution in [0.5, 0.6) is 0 Å². The zero-order valence-corrected chi connectivity index (χ0v) is 8.87. The van der Waals surface area contributed by atoms with Gasteiger partial charge in [-0.1, -0.05) is 0 Å². The van der Waals surface area contributed by atoms with Gasteiger partial charge in [-0.05, 0) is 53.0 Å². The first-order valence-corrected chi connectivity index (χ1v) is 5.23. The molecule has 3 nitrogen and oxygen atoms in total. The third kappa shape index (κ3) is 4.60. The van der Waals surface area contributed by atoms with Crippen LogP contribution in [0.25, 0.3) is 0 Å². The van der Waals surface area contributed by atoms with Gasteiger partial charge in [0.25, 0.3) is 0 Å². The van der Waals surface area contributed by atoms with Crippen molar-refractivity contribution in [2.45, 2.75) is 25.4 Å². The first-order chi connectivity index (χ1) is 6.18. The molecule has 0 radical (unpaired) electrons. The van der Waals surface area contributed by atoms with Gasteiger partial charge < -0.3 is 14.9 Å². The molecule has 1 heterocycles. The van der Waals surface area contributed by atoms with Crippen molar-refractivity contribution in [3.05, 3.63) is 0 Å². The van der Waals surface area contributed by atoms with E-state index < -0.39 is 0 Å². The Morgan fingerprint density at radius 1 is 1.46 bits per heavy atom. The number of rotatable bonds is 4. The number of β-amino-alcohol motifs (C(OH)–C–C–N with tert-alkyl or cyclic N) is 1. The van der Waals surface area contributed by atoms with E-state index in [0.29, 0.717) is 0 Å². The van der Waals surface area contributed by atoms with Crippen molar-refractivity contribution in [3.8, 4) is 0 Å². The number of likely N-dealkylation sites (tertiary alicyclic amines) is 1. The Morgan fingerprint density at radius 2 is 2.23 bits per heavy atom. The van der Waals surface area contributed by atoms with Crippen LogP contribution in [-0.2, 0) is 0 Å². The van der Waals surface area contributed by atoms with E-state index >= 15 is 0 Å². The molecule has 0 aromatic heterocycles. The lowest BCUT2D eigenvalue weighted by Crippen LogP contribution is -2.39. The molecule has 0 bridgehead atoms. The van der Waals surface area contributed by atoms with E-state index in [9.17, 15) is 5.11 Å². The highest BCUT2D eigenvalue weighted by molar-refractivity contribution is 4.71. The molecular weight excluding hydrogens is 164 g/mol. The molecule has 3 heteroatoms. The quantitative estimate of drug-likeness (QED) is 0.688. The molecule has 1 atom stereocenters. The second kappa shape index (κ2) is 5.58. The van der Waals surface area contributed by atoms with Gasteiger partial charge in [-0.2, -0.15) is 0 Å². The fourth-order valence-corrected chi connectivity index (χ4v) is 1.84. The van der Waals surface area contributed by atoms with Gasteiger partial charge in [0.05, 0.1) is 6.10 Å². The number of piperidine rings is 1. The normalized spacial score (nSPS) is 25.4. The van der Waals surface area contributed by atoms with Gasteiger partial charge in [0.15, 0.2) is 0 Å². The van der Waals surface area contributed by atoms with Crippen LogP contribution in [-0.4, -0.2) is 61.3 Å². The first-order valence-electron chi connectivity index (χ1n) is 5.23. The standard InChI is InChI=1S/C10H22N2O/c1-11(2)6-4-8-12-7-3-5-10(13)9-12/h10,13H,3-9H2,1-2H3. The average Bonchev–Trinajstić information content (AvgIpc) is 2.03. The van der Waals surface area contributed by atoms with Crippen molar-refractivity contribution in [2.75, 3.05) is 40.3 Å². The van der Waals surface area contributed by atoms with Crippen LogP contribution in [0.2, 0.25) is 0 Å². The Morgan fingerprint density at radius 3 is 2.85 bits per heavy atom. The van der Waals surface area contributed by atoms with Crippen LogP contribution in [0.4, 0.5) is 0 Å². The molecule has 1 rings (SSSR count). The van der Waals surface area contributed by atoms with Gasteiger partial charge in [-0.25, -0.2) is 0 Å². The molecule has 0 aromatic rings. The monoisotopic (exact) mass is 186 g/mol. The number of nitrogens with zero attached hydrogens (tertiary/aromatic N) is 2. The second-order valence-electron chi connectivity index (χ2n) is 4.25. The van der Waals surface area contributed by atoms with Crippen molar-refractivity contribution in [1.29, 1.82) is 0 Å². The Bertz CT molecular complexity index is 139. The van der Waals surface area contributed by atoms with Gasteiger partial charge in [-0.15, -0.1) is 0 Å². The van der Waals surface area contributed by atoms with Crippen molar-refractivity contribution >= 4 is 0 Å². The molecule has 1 aliphatic rings. The zero-order chi connectivity index (χ0) is 9.68. The van der Waals surface area contributed by atoms with Crippen molar-refractivity contribution in [3.63, 3.8) is 0 Å². The highest BCUT2D eigenvalue weighted by Crippen LogP contribution is 2.09. The largest absolute Gasteiger partial charge is 0.392 e. The minimum Gasteiger partial charge on any atom is -0.392 e. The maximum atomic E-state index is 9.44. The number of aliphatic hydroxyl groups excluding tert-OH is 1. The molecule has 0 aliphatic carbocycles. The van der Waals surface area contributed by atoms with E-state index in [4.69, 9.17) is 0 Å². The third-order valence-corrected chi connectivity index (χ3v) is 2.56. The van der Waals surface area contributed by atoms with Crippen LogP contribution in [0, 0.1) is 0 Å². The Kier molecular flexibility index (Phi) is 4.70. The number of hydrogen-bond donors (Lipinski definition) is 1. The van der Waals surface area contributed by atoms with Gasteiger partial charge in [-0.3, -0.25) is 0 Å². The van der Waals surface area contributed by atoms with Crippen molar-refractivity contribution in [1.82, 2.24) is 9.80 Å². The Labute approximate surface area is 81.3 Å². The van der Waals surface area contributed by atoms with E-state index in [-0.39, 0.29) is 6.10 Å². The van der Waals surface area contributed by atoms with Crippen LogP contribution in [0.15, 0.2) is 0 Å². The predicted molar refractivity (Wildman–Crippen MR) is 54.9 cm³/mol. The first kappa shape index (κ1) is 11.0. The summed E-state index contributed by atoms with van der Waals surface area (Å²) in [6, 6.07) is 0. The zero-order valence-electron chi connectivity index (χ0n) is 8.87. The summed E-state index contributed by atoms with van der Waals surface area (Å²) in [5, 5.41) is 9.44. The summed E-state index contributed by atoms with van der Waals surface area (Å²) in [5.74, 6) is 0. The summed E-state index contributed by atoms with van der Waals surface area (Å²) in [7, 11) is 4.20. The fraction of sp³-hybridized carbons (Fsp3) is 1.00. The molecule has 78 valence electrons. The Balaban J connectivity index is 2.06. The minimum atomic E-state index is -0.0758. The highest BCUT2D eigenvalue weighted by atomic mass is 16.3. The minimum absolute atomic E-state index is 0.0758. The Hall–Kier alpha value is -0.120. The molecule has 1 fully saturated rings. The van der Waals surface area contributed by atoms with E-state index in [0.717, 1.165) is 32.5 Å². The van der Waals surface area contributed by atoms with E-state index in [1.807, 2.05) is 0 Å². The van der Waals surface area contributed by atoms with Crippen molar-refractivity contribution in [2.24, 2.45) is 0 Å². The summed E-state index contributed by atoms with van der Waals surface area (Å²) in [6.07, 6.45) is 3.28. The lowest BCUT2D eigenvalue weighted by atomic mass is 10.1. The summed E-state index contributed by atoms with van der Waals surface area (Å²) < 4.78 is 0. The summed E-state index contributed by atoms with van der Waals surface area (Å²) in [6.45, 7) is 4.33. The lowest BCUT2D eigenvalue weighted by Gasteiger charge is -2.30. The molecule has 13 heavy (non-hydrogen) atoms. The molecule has 1 saturated heterocycles. The van der Waals surface area contributed by atoms with Crippen LogP contribution < -0.4 is 0 Å². The molecule has 1 unspecified atom stereocenters. The second-order valence-corrected chi connectivity index (χ2v) is 4.25. The van der Waals surface area contributed by atoms with Gasteiger partial charge >= 0.3 is 0 Å². The molecule has 0 saturated carbocycles. The number of aliphatic hydroxyl groups is 1. The predicted octanol–water partition coefficient (Wildman–Crippen LogP) is 0.395. The van der Waals surface area contributed by atoms with Gasteiger partial charge in [0, 0.05) is 6.54 Å². The lowest BCUT2D eigenvalue weighted by molar-refractivity contribution is 0.0691. The fourth-order valence-electron chi connectivity index (χ4n) is 1.84. The molecule has 0 amide bonds. The smallest absolute Gasteiger partial charge is 0.0667 e. The average molecular weight is 186 g/mol. The van der Waals surface area contributed by atoms with E-state index in [2.05, 4.69) is 23.9 Å². The third-order valence-electron chi connectivity index (χ3n) is 2.56. The van der Waals surface area contributed by atoms with Gasteiger partial charge in [0.2, 0.25) is 0 Å². The highest BCUT2D eigenvalue weighted by Gasteiger charge is 2.16. The van der Waals surface area contributed by atoms with Crippen LogP contribution in [0.3, 0.4) is 0 Å². The maximum Gasteiger partial charge on any atom is 0.0667 e. The summed E-state index contributed by atoms with van der Waals surface area (Å²) in [4.78, 5) is 4.58. The molecule has 0 spiro atoms. The molecule has 0 aromatic carbocycles. The van der Waals surface area contributed by atoms with E-state index in [1.54, 1.807) is 0 Å². The summed E-state index contributed by atoms with van der Waals surface area (Å²) >= 11 is 0. The molecular formula is C10H22N2O. The van der Waals surface area contributed by atoms with Crippen LogP contribution >= 0.6 is 0 Å². The van der Waals surface area contributed by atoms with Gasteiger partial charge in [0.1, 0.15) is 0 Å². The van der Waals surface area contributed by atoms with E-state index in [1.165, 1.54) is 13.0 Å². The van der Waals surface area contributed by atoms with Crippen molar-refractivity contribution < 1.29 is 5.11 Å². The van der Waals surface area contributed by atoms with Crippen LogP contribution in [0.1, 0.15) is 19.3 Å². The molecule has 1 aliphatic heterocycles. The summed E-state index contributed by atoms with van der Waals surface area (Å²) in [5.41, 5.74) is 0. The SMILES string of the molecule is CN(C)CCCN1CCCC(O)C1.